The summed E-state index contributed by atoms with van der Waals surface area (Å²) in [6.07, 6.45) is 6.37. The molecule has 0 saturated carbocycles. The van der Waals surface area contributed by atoms with Crippen molar-refractivity contribution in [3.8, 4) is 0 Å². The Morgan fingerprint density at radius 2 is 0.615 bits per heavy atom. The van der Waals surface area contributed by atoms with Gasteiger partial charge in [-0.1, -0.05) is 24.3 Å². The molecule has 0 heterocycles. The SMILES string of the molecule is SCCC(CCS)(CCS)c1ccc(C(CCS)(CCS)CCS)cc1. The third kappa shape index (κ3) is 6.69. The first-order valence-electron chi connectivity index (χ1n) is 9.34. The Labute approximate surface area is 193 Å². The Hall–Kier alpha value is 1.32. The van der Waals surface area contributed by atoms with Crippen LogP contribution in [0.4, 0.5) is 0 Å². The molecule has 150 valence electrons. The van der Waals surface area contributed by atoms with E-state index < -0.39 is 0 Å². The van der Waals surface area contributed by atoms with Gasteiger partial charge in [-0.2, -0.15) is 75.8 Å². The van der Waals surface area contributed by atoms with Crippen molar-refractivity contribution in [3.05, 3.63) is 35.4 Å². The fourth-order valence-corrected chi connectivity index (χ4v) is 6.65. The summed E-state index contributed by atoms with van der Waals surface area (Å²) in [5.74, 6) is 5.29. The fourth-order valence-electron chi connectivity index (χ4n) is 4.08. The van der Waals surface area contributed by atoms with Crippen LogP contribution in [0.15, 0.2) is 24.3 Å². The first-order valence-corrected chi connectivity index (χ1v) is 13.1. The second-order valence-corrected chi connectivity index (χ2v) is 9.66. The Balaban J connectivity index is 3.27. The third-order valence-corrected chi connectivity index (χ3v) is 6.99. The molecule has 0 unspecified atom stereocenters. The van der Waals surface area contributed by atoms with Crippen LogP contribution in [0.5, 0.6) is 0 Å². The molecule has 0 bridgehead atoms. The highest BCUT2D eigenvalue weighted by molar-refractivity contribution is 7.81. The zero-order valence-electron chi connectivity index (χ0n) is 15.5. The lowest BCUT2D eigenvalue weighted by molar-refractivity contribution is 0.384. The molecule has 0 aromatic heterocycles. The van der Waals surface area contributed by atoms with E-state index >= 15 is 0 Å². The summed E-state index contributed by atoms with van der Waals surface area (Å²) >= 11 is 27.1. The van der Waals surface area contributed by atoms with Gasteiger partial charge in [-0.25, -0.2) is 0 Å². The van der Waals surface area contributed by atoms with Crippen molar-refractivity contribution in [1.29, 1.82) is 0 Å². The van der Waals surface area contributed by atoms with Gasteiger partial charge in [0, 0.05) is 0 Å². The van der Waals surface area contributed by atoms with Crippen LogP contribution in [0.2, 0.25) is 0 Å². The topological polar surface area (TPSA) is 0 Å². The summed E-state index contributed by atoms with van der Waals surface area (Å²) in [6, 6.07) is 9.32. The molecule has 0 fully saturated rings. The molecule has 1 aromatic rings. The molecule has 1 rings (SSSR count). The Morgan fingerprint density at radius 1 is 0.423 bits per heavy atom. The lowest BCUT2D eigenvalue weighted by Gasteiger charge is -2.36. The predicted octanol–water partition coefficient (Wildman–Crippen LogP) is 6.08. The molecule has 0 spiro atoms. The number of thiol groups is 6. The lowest BCUT2D eigenvalue weighted by Crippen LogP contribution is -2.30. The second-order valence-electron chi connectivity index (χ2n) is 6.98. The van der Waals surface area contributed by atoms with Crippen molar-refractivity contribution in [2.24, 2.45) is 0 Å². The first kappa shape index (κ1) is 25.4. The molecular formula is C20H34S6. The zero-order chi connectivity index (χ0) is 19.5. The molecule has 0 aliphatic rings. The van der Waals surface area contributed by atoms with Crippen molar-refractivity contribution >= 4 is 75.8 Å². The summed E-state index contributed by atoms with van der Waals surface area (Å²) in [5, 5.41) is 0. The number of rotatable bonds is 14. The minimum absolute atomic E-state index is 0.128. The highest BCUT2D eigenvalue weighted by Crippen LogP contribution is 2.40. The molecule has 0 radical (unpaired) electrons. The van der Waals surface area contributed by atoms with E-state index in [4.69, 9.17) is 0 Å². The summed E-state index contributed by atoms with van der Waals surface area (Å²) in [4.78, 5) is 0. The van der Waals surface area contributed by atoms with Crippen LogP contribution < -0.4 is 0 Å². The maximum atomic E-state index is 4.52. The van der Waals surface area contributed by atoms with Crippen molar-refractivity contribution in [3.63, 3.8) is 0 Å². The van der Waals surface area contributed by atoms with Gasteiger partial charge in [-0.3, -0.25) is 0 Å². The largest absolute Gasteiger partial charge is 0.179 e. The van der Waals surface area contributed by atoms with Gasteiger partial charge in [0.05, 0.1) is 0 Å². The number of hydrogen-bond acceptors (Lipinski definition) is 6. The fraction of sp³-hybridized carbons (Fsp3) is 0.700. The van der Waals surface area contributed by atoms with Gasteiger partial charge < -0.3 is 0 Å². The standard InChI is InChI=1S/C20H34S6/c21-11-5-19(6-12-22,7-13-23)17-1-2-18(4-3-17)20(8-14-24,9-15-25)10-16-26/h1-4,21-26H,5-16H2. The summed E-state index contributed by atoms with van der Waals surface area (Å²) in [5.41, 5.74) is 3.05. The van der Waals surface area contributed by atoms with Gasteiger partial charge in [0.2, 0.25) is 0 Å². The van der Waals surface area contributed by atoms with Crippen molar-refractivity contribution in [1.82, 2.24) is 0 Å². The Kier molecular flexibility index (Phi) is 13.2. The van der Waals surface area contributed by atoms with Crippen LogP contribution >= 0.6 is 75.8 Å². The summed E-state index contributed by atoms with van der Waals surface area (Å²) < 4.78 is 0. The number of hydrogen-bond donors (Lipinski definition) is 6. The van der Waals surface area contributed by atoms with Crippen LogP contribution in [0.3, 0.4) is 0 Å². The minimum atomic E-state index is 0.128. The van der Waals surface area contributed by atoms with E-state index in [0.717, 1.165) is 73.0 Å². The van der Waals surface area contributed by atoms with E-state index in [1.807, 2.05) is 0 Å². The van der Waals surface area contributed by atoms with Crippen LogP contribution in [-0.2, 0) is 10.8 Å². The van der Waals surface area contributed by atoms with Gasteiger partial charge in [-0.05, 0) is 95.0 Å². The molecule has 0 atom stereocenters. The quantitative estimate of drug-likeness (QED) is 0.176. The van der Waals surface area contributed by atoms with Crippen molar-refractivity contribution < 1.29 is 0 Å². The third-order valence-electron chi connectivity index (χ3n) is 5.65. The van der Waals surface area contributed by atoms with Gasteiger partial charge in [0.25, 0.3) is 0 Å². The van der Waals surface area contributed by atoms with E-state index in [2.05, 4.69) is 100 Å². The van der Waals surface area contributed by atoms with E-state index in [1.54, 1.807) is 0 Å². The van der Waals surface area contributed by atoms with Crippen LogP contribution in [-0.4, -0.2) is 34.5 Å². The molecule has 1 aromatic carbocycles. The zero-order valence-corrected chi connectivity index (χ0v) is 20.8. The highest BCUT2D eigenvalue weighted by atomic mass is 32.1. The highest BCUT2D eigenvalue weighted by Gasteiger charge is 2.33. The van der Waals surface area contributed by atoms with E-state index in [1.165, 1.54) is 11.1 Å². The predicted molar refractivity (Wildman–Crippen MR) is 141 cm³/mol. The van der Waals surface area contributed by atoms with Crippen LogP contribution in [0.25, 0.3) is 0 Å². The van der Waals surface area contributed by atoms with Crippen LogP contribution in [0.1, 0.15) is 49.7 Å². The summed E-state index contributed by atoms with van der Waals surface area (Å²) in [7, 11) is 0. The molecule has 26 heavy (non-hydrogen) atoms. The van der Waals surface area contributed by atoms with Gasteiger partial charge in [0.15, 0.2) is 0 Å². The maximum Gasteiger partial charge on any atom is -0.00237 e. The van der Waals surface area contributed by atoms with E-state index in [9.17, 15) is 0 Å². The van der Waals surface area contributed by atoms with Crippen LogP contribution in [0, 0.1) is 0 Å². The average molecular weight is 467 g/mol. The Morgan fingerprint density at radius 3 is 0.769 bits per heavy atom. The normalized spacial score (nSPS) is 12.5. The Bertz CT molecular complexity index is 409. The molecule has 0 nitrogen and oxygen atoms in total. The number of benzene rings is 1. The molecule has 0 amide bonds. The molecule has 0 N–H and O–H groups in total. The molecule has 0 saturated heterocycles. The minimum Gasteiger partial charge on any atom is -0.179 e. The molecule has 6 heteroatoms. The molecular weight excluding hydrogens is 433 g/mol. The van der Waals surface area contributed by atoms with Crippen molar-refractivity contribution in [2.75, 3.05) is 34.5 Å². The second kappa shape index (κ2) is 13.5. The maximum absolute atomic E-state index is 4.52. The van der Waals surface area contributed by atoms with Gasteiger partial charge in [0.1, 0.15) is 0 Å². The lowest BCUT2D eigenvalue weighted by atomic mass is 9.70. The van der Waals surface area contributed by atoms with E-state index in [0.29, 0.717) is 0 Å². The molecule has 0 aliphatic carbocycles. The monoisotopic (exact) mass is 466 g/mol. The summed E-state index contributed by atoms with van der Waals surface area (Å²) in [6.45, 7) is 0. The van der Waals surface area contributed by atoms with E-state index in [-0.39, 0.29) is 10.8 Å². The van der Waals surface area contributed by atoms with Gasteiger partial charge >= 0.3 is 0 Å². The van der Waals surface area contributed by atoms with Crippen molar-refractivity contribution in [2.45, 2.75) is 49.4 Å². The first-order chi connectivity index (χ1) is 12.6. The molecule has 0 aliphatic heterocycles. The van der Waals surface area contributed by atoms with Gasteiger partial charge in [-0.15, -0.1) is 0 Å². The average Bonchev–Trinajstić information content (AvgIpc) is 2.63. The smallest absolute Gasteiger partial charge is 0.00237 e.